The van der Waals surface area contributed by atoms with Crippen molar-refractivity contribution < 1.29 is 19.5 Å². The number of carbonyl (C=O) groups is 3. The summed E-state index contributed by atoms with van der Waals surface area (Å²) in [6.45, 7) is 6.63. The standard InChI is InChI=1S/C13H18N2O4/c1-4-7-15(10-5-6-10)13(19)14-11(16)8(2)9(3)12(17)18/h4,10H,1,5-7H2,2-3H3,(H,17,18)(H,14,16,19)/b9-8+. The van der Waals surface area contributed by atoms with Crippen molar-refractivity contribution in [2.24, 2.45) is 0 Å². The molecule has 1 aliphatic carbocycles. The van der Waals surface area contributed by atoms with Crippen LogP contribution in [0.2, 0.25) is 0 Å². The number of amides is 3. The van der Waals surface area contributed by atoms with Crippen LogP contribution in [0.3, 0.4) is 0 Å². The molecule has 0 aromatic heterocycles. The molecular weight excluding hydrogens is 248 g/mol. The number of urea groups is 1. The first-order valence-electron chi connectivity index (χ1n) is 6.02. The minimum Gasteiger partial charge on any atom is -0.478 e. The number of imide groups is 1. The van der Waals surface area contributed by atoms with Crippen LogP contribution < -0.4 is 5.32 Å². The fraction of sp³-hybridized carbons (Fsp3) is 0.462. The lowest BCUT2D eigenvalue weighted by Gasteiger charge is -2.20. The van der Waals surface area contributed by atoms with Crippen LogP contribution in [0.4, 0.5) is 4.79 Å². The number of aliphatic carboxylic acids is 1. The van der Waals surface area contributed by atoms with Gasteiger partial charge in [0.05, 0.1) is 0 Å². The van der Waals surface area contributed by atoms with Gasteiger partial charge in [0, 0.05) is 23.7 Å². The van der Waals surface area contributed by atoms with Gasteiger partial charge in [-0.1, -0.05) is 6.08 Å². The van der Waals surface area contributed by atoms with E-state index in [1.807, 2.05) is 0 Å². The molecule has 1 aliphatic rings. The van der Waals surface area contributed by atoms with E-state index >= 15 is 0 Å². The van der Waals surface area contributed by atoms with Gasteiger partial charge in [0.1, 0.15) is 0 Å². The highest BCUT2D eigenvalue weighted by Crippen LogP contribution is 2.26. The summed E-state index contributed by atoms with van der Waals surface area (Å²) in [6.07, 6.45) is 3.42. The quantitative estimate of drug-likeness (QED) is 0.580. The Balaban J connectivity index is 2.70. The molecule has 0 atom stereocenters. The molecule has 0 heterocycles. The fourth-order valence-corrected chi connectivity index (χ4v) is 1.52. The minimum atomic E-state index is -1.18. The maximum Gasteiger partial charge on any atom is 0.331 e. The number of carboxylic acids is 1. The summed E-state index contributed by atoms with van der Waals surface area (Å²) in [5.41, 5.74) is -0.0535. The summed E-state index contributed by atoms with van der Waals surface area (Å²) >= 11 is 0. The summed E-state index contributed by atoms with van der Waals surface area (Å²) in [5.74, 6) is -1.86. The van der Waals surface area contributed by atoms with E-state index in [-0.39, 0.29) is 17.2 Å². The monoisotopic (exact) mass is 266 g/mol. The first-order chi connectivity index (χ1) is 8.88. The van der Waals surface area contributed by atoms with Crippen molar-refractivity contribution in [3.05, 3.63) is 23.8 Å². The maximum atomic E-state index is 11.9. The van der Waals surface area contributed by atoms with Gasteiger partial charge in [-0.15, -0.1) is 6.58 Å². The molecule has 0 aromatic rings. The third-order valence-electron chi connectivity index (χ3n) is 3.02. The van der Waals surface area contributed by atoms with E-state index in [2.05, 4.69) is 11.9 Å². The molecule has 0 bridgehead atoms. The number of carboxylic acid groups (broad SMARTS) is 1. The van der Waals surface area contributed by atoms with Gasteiger partial charge in [-0.05, 0) is 26.7 Å². The van der Waals surface area contributed by atoms with E-state index in [0.717, 1.165) is 12.8 Å². The van der Waals surface area contributed by atoms with Gasteiger partial charge in [0.2, 0.25) is 0 Å². The number of hydrogen-bond donors (Lipinski definition) is 2. The van der Waals surface area contributed by atoms with Gasteiger partial charge in [-0.25, -0.2) is 9.59 Å². The SMILES string of the molecule is C=CCN(C(=O)NC(=O)/C(C)=C(\C)C(=O)O)C1CC1. The molecular formula is C13H18N2O4. The van der Waals surface area contributed by atoms with Crippen LogP contribution in [0.5, 0.6) is 0 Å². The van der Waals surface area contributed by atoms with Gasteiger partial charge >= 0.3 is 12.0 Å². The highest BCUT2D eigenvalue weighted by molar-refractivity contribution is 6.07. The zero-order valence-electron chi connectivity index (χ0n) is 11.1. The molecule has 2 N–H and O–H groups in total. The summed E-state index contributed by atoms with van der Waals surface area (Å²) < 4.78 is 0. The molecule has 0 aliphatic heterocycles. The lowest BCUT2D eigenvalue weighted by Crippen LogP contribution is -2.44. The average Bonchev–Trinajstić information content (AvgIpc) is 3.17. The van der Waals surface area contributed by atoms with E-state index in [1.54, 1.807) is 6.08 Å². The highest BCUT2D eigenvalue weighted by atomic mass is 16.4. The average molecular weight is 266 g/mol. The third kappa shape index (κ3) is 3.94. The van der Waals surface area contributed by atoms with Crippen LogP contribution >= 0.6 is 0 Å². The lowest BCUT2D eigenvalue weighted by molar-refractivity contribution is -0.133. The second kappa shape index (κ2) is 6.17. The molecule has 19 heavy (non-hydrogen) atoms. The number of hydrogen-bond acceptors (Lipinski definition) is 3. The van der Waals surface area contributed by atoms with Crippen molar-refractivity contribution in [2.45, 2.75) is 32.7 Å². The Morgan fingerprint density at radius 3 is 2.32 bits per heavy atom. The van der Waals surface area contributed by atoms with Crippen molar-refractivity contribution in [3.8, 4) is 0 Å². The molecule has 0 aromatic carbocycles. The Morgan fingerprint density at radius 1 is 1.32 bits per heavy atom. The van der Waals surface area contributed by atoms with Gasteiger partial charge in [0.15, 0.2) is 0 Å². The van der Waals surface area contributed by atoms with E-state index in [9.17, 15) is 14.4 Å². The molecule has 1 fully saturated rings. The van der Waals surface area contributed by atoms with E-state index in [0.29, 0.717) is 6.54 Å². The smallest absolute Gasteiger partial charge is 0.331 e. The predicted molar refractivity (Wildman–Crippen MR) is 69.5 cm³/mol. The van der Waals surface area contributed by atoms with Gasteiger partial charge in [-0.3, -0.25) is 10.1 Å². The van der Waals surface area contributed by atoms with Crippen molar-refractivity contribution in [2.75, 3.05) is 6.54 Å². The zero-order valence-corrected chi connectivity index (χ0v) is 11.1. The normalized spacial score (nSPS) is 15.3. The second-order valence-corrected chi connectivity index (χ2v) is 4.49. The van der Waals surface area contributed by atoms with Crippen LogP contribution in [-0.2, 0) is 9.59 Å². The van der Waals surface area contributed by atoms with Crippen molar-refractivity contribution >= 4 is 17.9 Å². The van der Waals surface area contributed by atoms with Crippen molar-refractivity contribution in [1.82, 2.24) is 10.2 Å². The Morgan fingerprint density at radius 2 is 1.89 bits per heavy atom. The lowest BCUT2D eigenvalue weighted by atomic mass is 10.1. The summed E-state index contributed by atoms with van der Waals surface area (Å²) in [7, 11) is 0. The highest BCUT2D eigenvalue weighted by Gasteiger charge is 2.32. The molecule has 104 valence electrons. The van der Waals surface area contributed by atoms with Crippen LogP contribution in [0.15, 0.2) is 23.8 Å². The molecule has 0 unspecified atom stereocenters. The van der Waals surface area contributed by atoms with Gasteiger partial charge < -0.3 is 10.0 Å². The van der Waals surface area contributed by atoms with Crippen LogP contribution in [-0.4, -0.2) is 40.5 Å². The molecule has 0 radical (unpaired) electrons. The van der Waals surface area contributed by atoms with Crippen LogP contribution in [0.1, 0.15) is 26.7 Å². The zero-order chi connectivity index (χ0) is 14.6. The molecule has 3 amide bonds. The summed E-state index contributed by atoms with van der Waals surface area (Å²) in [5, 5.41) is 11.0. The Hall–Kier alpha value is -2.11. The summed E-state index contributed by atoms with van der Waals surface area (Å²) in [4.78, 5) is 35.9. The first-order valence-corrected chi connectivity index (χ1v) is 6.02. The van der Waals surface area contributed by atoms with Gasteiger partial charge in [0.25, 0.3) is 5.91 Å². The number of nitrogens with one attached hydrogen (secondary N) is 1. The summed E-state index contributed by atoms with van der Waals surface area (Å²) in [6, 6.07) is -0.361. The Labute approximate surface area is 111 Å². The van der Waals surface area contributed by atoms with E-state index in [4.69, 9.17) is 5.11 Å². The van der Waals surface area contributed by atoms with Crippen molar-refractivity contribution in [1.29, 1.82) is 0 Å². The minimum absolute atomic E-state index is 0.0233. The molecule has 1 rings (SSSR count). The largest absolute Gasteiger partial charge is 0.478 e. The molecule has 0 saturated heterocycles. The molecule has 6 nitrogen and oxygen atoms in total. The topological polar surface area (TPSA) is 86.7 Å². The predicted octanol–water partition coefficient (Wildman–Crippen LogP) is 1.29. The number of rotatable bonds is 5. The molecule has 0 spiro atoms. The van der Waals surface area contributed by atoms with E-state index < -0.39 is 17.9 Å². The van der Waals surface area contributed by atoms with Crippen LogP contribution in [0, 0.1) is 0 Å². The van der Waals surface area contributed by atoms with Crippen LogP contribution in [0.25, 0.3) is 0 Å². The van der Waals surface area contributed by atoms with Gasteiger partial charge in [-0.2, -0.15) is 0 Å². The molecule has 1 saturated carbocycles. The Bertz CT molecular complexity index is 450. The first kappa shape index (κ1) is 14.9. The number of carbonyl (C=O) groups excluding carboxylic acids is 2. The maximum absolute atomic E-state index is 11.9. The van der Waals surface area contributed by atoms with Crippen molar-refractivity contribution in [3.63, 3.8) is 0 Å². The van der Waals surface area contributed by atoms with E-state index in [1.165, 1.54) is 18.7 Å². The Kier molecular flexibility index (Phi) is 4.86. The molecule has 6 heteroatoms. The third-order valence-corrected chi connectivity index (χ3v) is 3.02. The fourth-order valence-electron chi connectivity index (χ4n) is 1.52. The number of nitrogens with zero attached hydrogens (tertiary/aromatic N) is 1. The second-order valence-electron chi connectivity index (χ2n) is 4.49.